The van der Waals surface area contributed by atoms with Gasteiger partial charge in [0.1, 0.15) is 11.6 Å². The zero-order valence-corrected chi connectivity index (χ0v) is 16.1. The highest BCUT2D eigenvalue weighted by atomic mass is 32.2. The Morgan fingerprint density at radius 2 is 2.35 bits per heavy atom. The molecular weight excluding hydrogens is 366 g/mol. The van der Waals surface area contributed by atoms with Gasteiger partial charge in [0.2, 0.25) is 5.91 Å². The van der Waals surface area contributed by atoms with Crippen molar-refractivity contribution in [2.75, 3.05) is 30.8 Å². The van der Waals surface area contributed by atoms with E-state index >= 15 is 0 Å². The van der Waals surface area contributed by atoms with Gasteiger partial charge in [-0.1, -0.05) is 11.8 Å². The zero-order valence-electron chi connectivity index (χ0n) is 14.5. The number of hydrogen-bond acceptors (Lipinski definition) is 7. The Morgan fingerprint density at radius 1 is 1.46 bits per heavy atom. The van der Waals surface area contributed by atoms with Crippen molar-refractivity contribution in [2.45, 2.75) is 24.5 Å². The van der Waals surface area contributed by atoms with Crippen LogP contribution in [0.5, 0.6) is 0 Å². The molecule has 1 fully saturated rings. The number of nitrogens with zero attached hydrogens (tertiary/aromatic N) is 5. The summed E-state index contributed by atoms with van der Waals surface area (Å²) >= 11 is 3.24. The van der Waals surface area contributed by atoms with Gasteiger partial charge in [0.15, 0.2) is 11.0 Å². The minimum absolute atomic E-state index is 0.0329. The van der Waals surface area contributed by atoms with Crippen LogP contribution in [-0.4, -0.2) is 46.7 Å². The summed E-state index contributed by atoms with van der Waals surface area (Å²) in [4.78, 5) is 27.1. The fourth-order valence-electron chi connectivity index (χ4n) is 3.62. The van der Waals surface area contributed by atoms with E-state index in [1.54, 1.807) is 17.5 Å². The van der Waals surface area contributed by atoms with Gasteiger partial charge in [-0.15, -0.1) is 11.3 Å². The van der Waals surface area contributed by atoms with Crippen LogP contribution < -0.4 is 4.90 Å². The van der Waals surface area contributed by atoms with E-state index in [4.69, 9.17) is 0 Å². The highest BCUT2D eigenvalue weighted by Crippen LogP contribution is 2.30. The molecule has 8 heteroatoms. The lowest BCUT2D eigenvalue weighted by Crippen LogP contribution is -2.40. The van der Waals surface area contributed by atoms with Crippen molar-refractivity contribution in [1.82, 2.24) is 14.9 Å². The van der Waals surface area contributed by atoms with Crippen LogP contribution in [0.25, 0.3) is 0 Å². The predicted octanol–water partition coefficient (Wildman–Crippen LogP) is 2.54. The molecule has 1 saturated heterocycles. The van der Waals surface area contributed by atoms with Crippen molar-refractivity contribution >= 4 is 34.8 Å². The molecule has 4 heterocycles. The Morgan fingerprint density at radius 3 is 3.15 bits per heavy atom. The van der Waals surface area contributed by atoms with Crippen LogP contribution in [0, 0.1) is 17.2 Å². The number of aromatic nitrogens is 2. The smallest absolute Gasteiger partial charge is 0.227 e. The number of hydrogen-bond donors (Lipinski definition) is 0. The van der Waals surface area contributed by atoms with Gasteiger partial charge in [-0.25, -0.2) is 9.97 Å². The maximum absolute atomic E-state index is 13.0. The van der Waals surface area contributed by atoms with Gasteiger partial charge in [-0.3, -0.25) is 4.79 Å². The molecule has 1 unspecified atom stereocenters. The SMILES string of the molecule is CSc1ncc(C#N)c(N2CCC(C(=O)N3CCc4sccc4C3)C2)n1. The van der Waals surface area contributed by atoms with Crippen LogP contribution >= 0.6 is 23.1 Å². The molecule has 134 valence electrons. The first-order chi connectivity index (χ1) is 12.7. The molecule has 2 aromatic heterocycles. The van der Waals surface area contributed by atoms with E-state index in [-0.39, 0.29) is 11.8 Å². The van der Waals surface area contributed by atoms with E-state index in [1.165, 1.54) is 22.2 Å². The Labute approximate surface area is 160 Å². The monoisotopic (exact) mass is 385 g/mol. The third kappa shape index (κ3) is 3.17. The van der Waals surface area contributed by atoms with Crippen molar-refractivity contribution < 1.29 is 4.79 Å². The first-order valence-electron chi connectivity index (χ1n) is 8.59. The van der Waals surface area contributed by atoms with Gasteiger partial charge in [0.05, 0.1) is 12.1 Å². The van der Waals surface area contributed by atoms with E-state index in [9.17, 15) is 10.1 Å². The standard InChI is InChI=1S/C18H19N5OS2/c1-25-18-20-9-14(8-19)16(21-18)22-5-2-13(11-22)17(24)23-6-3-15-12(10-23)4-7-26-15/h4,7,9,13H,2-3,5-6,10-11H2,1H3. The summed E-state index contributed by atoms with van der Waals surface area (Å²) < 4.78 is 0. The number of thioether (sulfide) groups is 1. The number of amides is 1. The molecule has 6 nitrogen and oxygen atoms in total. The van der Waals surface area contributed by atoms with Crippen molar-refractivity contribution in [3.05, 3.63) is 33.6 Å². The lowest BCUT2D eigenvalue weighted by Gasteiger charge is -2.29. The van der Waals surface area contributed by atoms with Crippen LogP contribution in [0.3, 0.4) is 0 Å². The fourth-order valence-corrected chi connectivity index (χ4v) is 4.85. The minimum Gasteiger partial charge on any atom is -0.355 e. The largest absolute Gasteiger partial charge is 0.355 e. The summed E-state index contributed by atoms with van der Waals surface area (Å²) in [6.45, 7) is 2.89. The average molecular weight is 386 g/mol. The van der Waals surface area contributed by atoms with E-state index in [1.807, 2.05) is 11.2 Å². The van der Waals surface area contributed by atoms with Crippen LogP contribution in [-0.2, 0) is 17.8 Å². The highest BCUT2D eigenvalue weighted by molar-refractivity contribution is 7.98. The maximum Gasteiger partial charge on any atom is 0.227 e. The number of thiophene rings is 1. The number of carbonyl (C=O) groups is 1. The van der Waals surface area contributed by atoms with Gasteiger partial charge in [-0.05, 0) is 36.1 Å². The van der Waals surface area contributed by atoms with Gasteiger partial charge in [0.25, 0.3) is 0 Å². The van der Waals surface area contributed by atoms with E-state index in [2.05, 4.69) is 32.4 Å². The summed E-state index contributed by atoms with van der Waals surface area (Å²) in [5.41, 5.74) is 1.76. The second-order valence-electron chi connectivity index (χ2n) is 6.52. The number of carbonyl (C=O) groups excluding carboxylic acids is 1. The third-order valence-electron chi connectivity index (χ3n) is 5.01. The molecular formula is C18H19N5OS2. The second kappa shape index (κ2) is 7.25. The molecule has 2 aliphatic heterocycles. The van der Waals surface area contributed by atoms with Crippen LogP contribution in [0.15, 0.2) is 22.8 Å². The third-order valence-corrected chi connectivity index (χ3v) is 6.59. The lowest BCUT2D eigenvalue weighted by atomic mass is 10.0. The first-order valence-corrected chi connectivity index (χ1v) is 10.7. The topological polar surface area (TPSA) is 73.1 Å². The summed E-state index contributed by atoms with van der Waals surface area (Å²) in [5, 5.41) is 12.1. The van der Waals surface area contributed by atoms with Crippen LogP contribution in [0.2, 0.25) is 0 Å². The van der Waals surface area contributed by atoms with Crippen molar-refractivity contribution in [3.8, 4) is 6.07 Å². The van der Waals surface area contributed by atoms with Gasteiger partial charge >= 0.3 is 0 Å². The van der Waals surface area contributed by atoms with Crippen LogP contribution in [0.1, 0.15) is 22.4 Å². The number of nitriles is 1. The Kier molecular flexibility index (Phi) is 4.83. The number of fused-ring (bicyclic) bond motifs is 1. The summed E-state index contributed by atoms with van der Waals surface area (Å²) in [7, 11) is 0. The highest BCUT2D eigenvalue weighted by Gasteiger charge is 2.34. The molecule has 0 aromatic carbocycles. The number of rotatable bonds is 3. The molecule has 0 N–H and O–H groups in total. The van der Waals surface area contributed by atoms with Gasteiger partial charge in [0, 0.05) is 31.1 Å². The molecule has 0 saturated carbocycles. The Balaban J connectivity index is 1.47. The molecule has 2 aliphatic rings. The van der Waals surface area contributed by atoms with Gasteiger partial charge in [-0.2, -0.15) is 5.26 Å². The summed E-state index contributed by atoms with van der Waals surface area (Å²) in [5.74, 6) is 0.845. The van der Waals surface area contributed by atoms with Crippen molar-refractivity contribution in [3.63, 3.8) is 0 Å². The van der Waals surface area contributed by atoms with E-state index in [0.29, 0.717) is 23.1 Å². The lowest BCUT2D eigenvalue weighted by molar-refractivity contribution is -0.135. The quantitative estimate of drug-likeness (QED) is 0.597. The molecule has 0 aliphatic carbocycles. The molecule has 0 bridgehead atoms. The van der Waals surface area contributed by atoms with E-state index < -0.39 is 0 Å². The Hall–Kier alpha value is -2.11. The minimum atomic E-state index is -0.0329. The normalized spacial score (nSPS) is 19.3. The molecule has 1 atom stereocenters. The Bertz CT molecular complexity index is 875. The maximum atomic E-state index is 13.0. The predicted molar refractivity (Wildman–Crippen MR) is 102 cm³/mol. The van der Waals surface area contributed by atoms with Crippen LogP contribution in [0.4, 0.5) is 5.82 Å². The zero-order chi connectivity index (χ0) is 18.1. The van der Waals surface area contributed by atoms with E-state index in [0.717, 1.165) is 32.5 Å². The summed E-state index contributed by atoms with van der Waals surface area (Å²) in [6, 6.07) is 4.30. The molecule has 2 aromatic rings. The second-order valence-corrected chi connectivity index (χ2v) is 8.29. The molecule has 1 amide bonds. The molecule has 0 spiro atoms. The number of anilines is 1. The average Bonchev–Trinajstić information content (AvgIpc) is 3.35. The fraction of sp³-hybridized carbons (Fsp3) is 0.444. The summed E-state index contributed by atoms with van der Waals surface area (Å²) in [6.07, 6.45) is 5.24. The van der Waals surface area contributed by atoms with Crippen molar-refractivity contribution in [2.24, 2.45) is 5.92 Å². The first kappa shape index (κ1) is 17.3. The van der Waals surface area contributed by atoms with Gasteiger partial charge < -0.3 is 9.80 Å². The molecule has 0 radical (unpaired) electrons. The van der Waals surface area contributed by atoms with Crippen molar-refractivity contribution in [1.29, 1.82) is 5.26 Å². The molecule has 4 rings (SSSR count). The molecule has 26 heavy (non-hydrogen) atoms.